The van der Waals surface area contributed by atoms with Crippen molar-refractivity contribution in [1.82, 2.24) is 0 Å². The summed E-state index contributed by atoms with van der Waals surface area (Å²) < 4.78 is 0. The van der Waals surface area contributed by atoms with Crippen LogP contribution in [0.15, 0.2) is 326 Å². The first-order valence-electron chi connectivity index (χ1n) is 25.0. The highest BCUT2D eigenvalue weighted by Crippen LogP contribution is 2.48. The molecule has 340 valence electrons. The van der Waals surface area contributed by atoms with E-state index in [1.165, 1.54) is 108 Å². The number of hydrogen-bond donors (Lipinski definition) is 0. The Morgan fingerprint density at radius 3 is 0.722 bits per heavy atom. The summed E-state index contributed by atoms with van der Waals surface area (Å²) in [5, 5.41) is 21.0. The summed E-state index contributed by atoms with van der Waals surface area (Å²) in [6, 6.07) is 85.7. The predicted molar refractivity (Wildman–Crippen MR) is 313 cm³/mol. The molecule has 0 N–H and O–H groups in total. The third kappa shape index (κ3) is 9.23. The van der Waals surface area contributed by atoms with Crippen molar-refractivity contribution >= 4 is 86.2 Å². The van der Waals surface area contributed by atoms with Crippen LogP contribution in [0.2, 0.25) is 0 Å². The quantitative estimate of drug-likeness (QED) is 0.105. The van der Waals surface area contributed by atoms with Crippen molar-refractivity contribution in [2.75, 3.05) is 0 Å². The molecule has 72 heavy (non-hydrogen) atoms. The average molecular weight is 917 g/mol. The molecule has 0 fully saturated rings. The van der Waals surface area contributed by atoms with Crippen LogP contribution in [0.3, 0.4) is 0 Å². The molecule has 0 bridgehead atoms. The van der Waals surface area contributed by atoms with Crippen molar-refractivity contribution < 1.29 is 0 Å². The fourth-order valence-electron chi connectivity index (χ4n) is 10.7. The van der Waals surface area contributed by atoms with Crippen molar-refractivity contribution in [2.24, 2.45) is 11.8 Å². The zero-order valence-electron chi connectivity index (χ0n) is 40.0. The lowest BCUT2D eigenvalue weighted by Gasteiger charge is -2.39. The SMILES string of the molecule is C1=CC2=CC=C3C=CC=C4C=CC(=C1)C2C43.c1ccc2c(c1)ccc1ccccc12.c1ccc2cc3cc4ccccc4cc3cc2c1.c1ccc2cc3ccccc3cc2c1.c1ccc2ccccc2c1. The fourth-order valence-corrected chi connectivity index (χ4v) is 10.7. The van der Waals surface area contributed by atoms with E-state index in [9.17, 15) is 0 Å². The third-order valence-corrected chi connectivity index (χ3v) is 14.4. The molecule has 0 aliphatic heterocycles. The zero-order chi connectivity index (χ0) is 48.1. The molecule has 0 spiro atoms. The van der Waals surface area contributed by atoms with Crippen molar-refractivity contribution in [3.05, 3.63) is 326 Å². The Kier molecular flexibility index (Phi) is 12.3. The van der Waals surface area contributed by atoms with Crippen LogP contribution in [0.1, 0.15) is 0 Å². The first-order valence-corrected chi connectivity index (χ1v) is 25.0. The van der Waals surface area contributed by atoms with E-state index in [-0.39, 0.29) is 0 Å². The summed E-state index contributed by atoms with van der Waals surface area (Å²) in [7, 11) is 0. The van der Waals surface area contributed by atoms with E-state index in [0.717, 1.165) is 0 Å². The van der Waals surface area contributed by atoms with Gasteiger partial charge in [0, 0.05) is 11.8 Å². The van der Waals surface area contributed by atoms with Gasteiger partial charge in [-0.05, 0) is 145 Å². The summed E-state index contributed by atoms with van der Waals surface area (Å²) in [6.07, 6.45) is 22.4. The Hall–Kier alpha value is -9.10. The van der Waals surface area contributed by atoms with Crippen LogP contribution in [0.5, 0.6) is 0 Å². The lowest BCUT2D eigenvalue weighted by molar-refractivity contribution is 0.564. The van der Waals surface area contributed by atoms with Gasteiger partial charge in [0.2, 0.25) is 0 Å². The number of allylic oxidation sites excluding steroid dienone is 14. The molecule has 2 unspecified atom stereocenters. The molecular formula is C72H52. The summed E-state index contributed by atoms with van der Waals surface area (Å²) in [6.45, 7) is 0. The minimum absolute atomic E-state index is 0.561. The van der Waals surface area contributed by atoms with E-state index in [1.807, 2.05) is 0 Å². The standard InChI is InChI=1S/C18H12.C16H12.2C14H10.C10H8/c1-2-6-14-10-18-12-16-8-4-3-7-15(16)11-17(18)9-13(14)5-1;1-3-11-7-9-13-5-2-6-14-10-8-12(4-1)15(11)16(13)14;1-3-7-13-11(5-1)9-10-12-6-2-4-8-14(12)13;1-2-6-12-10-14-8-4-3-7-13(14)9-11(12)5-1;1-2-6-10-8-4-3-7-9(10)5-1/h1-12H;1-10,15-16H;2*1-10H;1-8H. The minimum Gasteiger partial charge on any atom is -0.0617 e. The average Bonchev–Trinajstić information content (AvgIpc) is 3.45. The van der Waals surface area contributed by atoms with Crippen molar-refractivity contribution in [1.29, 1.82) is 0 Å². The Morgan fingerprint density at radius 1 is 0.181 bits per heavy atom. The number of hydrogen-bond acceptors (Lipinski definition) is 0. The van der Waals surface area contributed by atoms with E-state index in [0.29, 0.717) is 11.8 Å². The van der Waals surface area contributed by atoms with E-state index in [1.54, 1.807) is 0 Å². The molecule has 0 nitrogen and oxygen atoms in total. The highest BCUT2D eigenvalue weighted by molar-refractivity contribution is 6.07. The van der Waals surface area contributed by atoms with E-state index in [2.05, 4.69) is 303 Å². The maximum atomic E-state index is 2.27. The molecular weight excluding hydrogens is 865 g/mol. The maximum absolute atomic E-state index is 2.27. The molecule has 12 aromatic carbocycles. The summed E-state index contributed by atoms with van der Waals surface area (Å²) >= 11 is 0. The normalized spacial score (nSPS) is 15.7. The van der Waals surface area contributed by atoms with Crippen LogP contribution in [0.4, 0.5) is 0 Å². The highest BCUT2D eigenvalue weighted by Gasteiger charge is 2.36. The minimum atomic E-state index is 0.561. The molecule has 0 heterocycles. The van der Waals surface area contributed by atoms with E-state index in [4.69, 9.17) is 0 Å². The molecule has 0 heteroatoms. The van der Waals surface area contributed by atoms with Crippen molar-refractivity contribution in [3.63, 3.8) is 0 Å². The summed E-state index contributed by atoms with van der Waals surface area (Å²) in [4.78, 5) is 0. The van der Waals surface area contributed by atoms with Crippen molar-refractivity contribution in [3.8, 4) is 0 Å². The van der Waals surface area contributed by atoms with Gasteiger partial charge in [-0.1, -0.05) is 267 Å². The van der Waals surface area contributed by atoms with Gasteiger partial charge in [-0.25, -0.2) is 0 Å². The molecule has 4 aliphatic carbocycles. The first kappa shape index (κ1) is 44.1. The number of rotatable bonds is 0. The predicted octanol–water partition coefficient (Wildman–Crippen LogP) is 19.6. The second kappa shape index (κ2) is 20.1. The largest absolute Gasteiger partial charge is 0.0617 e. The van der Waals surface area contributed by atoms with Crippen LogP contribution in [0.25, 0.3) is 86.2 Å². The molecule has 16 rings (SSSR count). The Morgan fingerprint density at radius 2 is 0.417 bits per heavy atom. The Bertz CT molecular complexity index is 3790. The Labute approximate surface area is 421 Å². The molecule has 0 aromatic heterocycles. The number of benzene rings is 12. The first-order chi connectivity index (χ1) is 35.7. The summed E-state index contributed by atoms with van der Waals surface area (Å²) in [5.74, 6) is 1.12. The van der Waals surface area contributed by atoms with Crippen LogP contribution >= 0.6 is 0 Å². The third-order valence-electron chi connectivity index (χ3n) is 14.4. The fraction of sp³-hybridized carbons (Fsp3) is 0.0278. The smallest absolute Gasteiger partial charge is 0.0199 e. The van der Waals surface area contributed by atoms with Gasteiger partial charge in [-0.2, -0.15) is 0 Å². The molecule has 0 saturated carbocycles. The second-order valence-electron chi connectivity index (χ2n) is 18.8. The van der Waals surface area contributed by atoms with Gasteiger partial charge in [0.15, 0.2) is 0 Å². The molecule has 0 amide bonds. The molecule has 4 aliphatic rings. The van der Waals surface area contributed by atoms with Gasteiger partial charge >= 0.3 is 0 Å². The number of fused-ring (bicyclic) bond motifs is 9. The topological polar surface area (TPSA) is 0 Å². The molecule has 2 atom stereocenters. The van der Waals surface area contributed by atoms with Crippen LogP contribution < -0.4 is 0 Å². The van der Waals surface area contributed by atoms with E-state index < -0.39 is 0 Å². The molecule has 0 saturated heterocycles. The highest BCUT2D eigenvalue weighted by atomic mass is 14.4. The van der Waals surface area contributed by atoms with Crippen LogP contribution in [-0.4, -0.2) is 0 Å². The monoisotopic (exact) mass is 916 g/mol. The van der Waals surface area contributed by atoms with Gasteiger partial charge in [0.1, 0.15) is 0 Å². The van der Waals surface area contributed by atoms with Gasteiger partial charge in [0.25, 0.3) is 0 Å². The van der Waals surface area contributed by atoms with Crippen molar-refractivity contribution in [2.45, 2.75) is 0 Å². The van der Waals surface area contributed by atoms with Crippen LogP contribution in [0, 0.1) is 11.8 Å². The summed E-state index contributed by atoms with van der Waals surface area (Å²) in [5.41, 5.74) is 5.82. The zero-order valence-corrected chi connectivity index (χ0v) is 40.0. The maximum Gasteiger partial charge on any atom is 0.0199 e. The van der Waals surface area contributed by atoms with Crippen LogP contribution in [-0.2, 0) is 0 Å². The molecule has 0 radical (unpaired) electrons. The van der Waals surface area contributed by atoms with Gasteiger partial charge in [-0.3, -0.25) is 0 Å². The van der Waals surface area contributed by atoms with E-state index >= 15 is 0 Å². The Balaban J connectivity index is 0.0000000930. The lowest BCUT2D eigenvalue weighted by atomic mass is 9.65. The van der Waals surface area contributed by atoms with Gasteiger partial charge in [0.05, 0.1) is 0 Å². The second-order valence-corrected chi connectivity index (χ2v) is 18.8. The van der Waals surface area contributed by atoms with Gasteiger partial charge < -0.3 is 0 Å². The van der Waals surface area contributed by atoms with Gasteiger partial charge in [-0.15, -0.1) is 0 Å². The lowest BCUT2D eigenvalue weighted by Crippen LogP contribution is -2.28. The molecule has 12 aromatic rings.